The van der Waals surface area contributed by atoms with Crippen molar-refractivity contribution in [3.8, 4) is 0 Å². The summed E-state index contributed by atoms with van der Waals surface area (Å²) in [6.07, 6.45) is 0. The highest BCUT2D eigenvalue weighted by molar-refractivity contribution is 9.10. The van der Waals surface area contributed by atoms with Crippen LogP contribution in [0.15, 0.2) is 40.9 Å². The largest absolute Gasteiger partial charge is 0.478 e. The average Bonchev–Trinajstić information content (AvgIpc) is 2.36. The van der Waals surface area contributed by atoms with Gasteiger partial charge in [0.2, 0.25) is 0 Å². The molecule has 1 aromatic heterocycles. The molecule has 2 aromatic rings. The van der Waals surface area contributed by atoms with E-state index >= 15 is 0 Å². The third-order valence-corrected chi connectivity index (χ3v) is 3.09. The van der Waals surface area contributed by atoms with E-state index in [1.807, 2.05) is 24.3 Å². The number of carbonyl (C=O) groups is 1. The SMILES string of the molecule is O=C(O)c1cc(Cl)nc(NCc2cccc(Br)c2)c1. The van der Waals surface area contributed by atoms with Crippen molar-refractivity contribution in [1.82, 2.24) is 4.98 Å². The summed E-state index contributed by atoms with van der Waals surface area (Å²) in [4.78, 5) is 14.9. The van der Waals surface area contributed by atoms with Crippen LogP contribution in [0.5, 0.6) is 0 Å². The molecule has 0 aliphatic rings. The van der Waals surface area contributed by atoms with Crippen LogP contribution in [-0.4, -0.2) is 16.1 Å². The van der Waals surface area contributed by atoms with Crippen molar-refractivity contribution < 1.29 is 9.90 Å². The number of aromatic carboxylic acids is 1. The van der Waals surface area contributed by atoms with Crippen LogP contribution in [0.2, 0.25) is 5.15 Å². The Bertz CT molecular complexity index is 619. The van der Waals surface area contributed by atoms with Crippen LogP contribution in [0.25, 0.3) is 0 Å². The monoisotopic (exact) mass is 340 g/mol. The van der Waals surface area contributed by atoms with Crippen LogP contribution >= 0.6 is 27.5 Å². The molecule has 98 valence electrons. The zero-order valence-corrected chi connectivity index (χ0v) is 12.1. The maximum atomic E-state index is 10.9. The smallest absolute Gasteiger partial charge is 0.335 e. The first kappa shape index (κ1) is 13.8. The van der Waals surface area contributed by atoms with E-state index < -0.39 is 5.97 Å². The average molecular weight is 342 g/mol. The van der Waals surface area contributed by atoms with Crippen molar-refractivity contribution in [2.75, 3.05) is 5.32 Å². The van der Waals surface area contributed by atoms with Crippen LogP contribution < -0.4 is 5.32 Å². The van der Waals surface area contributed by atoms with Crippen LogP contribution in [0, 0.1) is 0 Å². The summed E-state index contributed by atoms with van der Waals surface area (Å²) in [6, 6.07) is 10.6. The summed E-state index contributed by atoms with van der Waals surface area (Å²) in [5, 5.41) is 12.1. The molecule has 0 spiro atoms. The molecule has 0 atom stereocenters. The van der Waals surface area contributed by atoms with Gasteiger partial charge < -0.3 is 10.4 Å². The van der Waals surface area contributed by atoms with Gasteiger partial charge in [-0.1, -0.05) is 39.7 Å². The molecule has 0 fully saturated rings. The lowest BCUT2D eigenvalue weighted by Gasteiger charge is -2.07. The van der Waals surface area contributed by atoms with Gasteiger partial charge in [-0.2, -0.15) is 0 Å². The fourth-order valence-electron chi connectivity index (χ4n) is 1.55. The highest BCUT2D eigenvalue weighted by Gasteiger charge is 2.07. The first-order valence-corrected chi connectivity index (χ1v) is 6.61. The van der Waals surface area contributed by atoms with Gasteiger partial charge in [0, 0.05) is 11.0 Å². The molecule has 0 unspecified atom stereocenters. The maximum absolute atomic E-state index is 10.9. The van der Waals surface area contributed by atoms with Crippen molar-refractivity contribution in [3.05, 3.63) is 57.2 Å². The molecule has 0 aliphatic heterocycles. The van der Waals surface area contributed by atoms with E-state index in [1.54, 1.807) is 0 Å². The molecule has 4 nitrogen and oxygen atoms in total. The molecule has 1 heterocycles. The minimum absolute atomic E-state index is 0.108. The lowest BCUT2D eigenvalue weighted by molar-refractivity contribution is 0.0697. The van der Waals surface area contributed by atoms with Gasteiger partial charge in [0.25, 0.3) is 0 Å². The number of carboxylic acids is 1. The fraction of sp³-hybridized carbons (Fsp3) is 0.0769. The van der Waals surface area contributed by atoms with E-state index in [9.17, 15) is 4.79 Å². The van der Waals surface area contributed by atoms with Gasteiger partial charge in [-0.3, -0.25) is 0 Å². The summed E-state index contributed by atoms with van der Waals surface area (Å²) in [5.41, 5.74) is 1.16. The van der Waals surface area contributed by atoms with Crippen molar-refractivity contribution in [2.24, 2.45) is 0 Å². The van der Waals surface area contributed by atoms with Crippen molar-refractivity contribution in [2.45, 2.75) is 6.54 Å². The number of benzene rings is 1. The van der Waals surface area contributed by atoms with E-state index in [2.05, 4.69) is 26.2 Å². The number of pyridine rings is 1. The third kappa shape index (κ3) is 3.94. The summed E-state index contributed by atoms with van der Waals surface area (Å²) in [6.45, 7) is 0.534. The van der Waals surface area contributed by atoms with Gasteiger partial charge in [0.05, 0.1) is 5.56 Å². The maximum Gasteiger partial charge on any atom is 0.335 e. The Labute approximate surface area is 123 Å². The molecule has 0 saturated carbocycles. The number of halogens is 2. The molecule has 0 saturated heterocycles. The van der Waals surface area contributed by atoms with Gasteiger partial charge in [0.15, 0.2) is 0 Å². The van der Waals surface area contributed by atoms with E-state index in [1.165, 1.54) is 12.1 Å². The molecule has 0 aliphatic carbocycles. The highest BCUT2D eigenvalue weighted by Crippen LogP contribution is 2.16. The summed E-state index contributed by atoms with van der Waals surface area (Å²) in [7, 11) is 0. The van der Waals surface area contributed by atoms with Gasteiger partial charge in [-0.05, 0) is 29.8 Å². The Hall–Kier alpha value is -1.59. The van der Waals surface area contributed by atoms with Crippen molar-refractivity contribution >= 4 is 39.3 Å². The fourth-order valence-corrected chi connectivity index (χ4v) is 2.21. The molecule has 2 rings (SSSR count). The predicted molar refractivity (Wildman–Crippen MR) is 77.7 cm³/mol. The molecule has 0 radical (unpaired) electrons. The topological polar surface area (TPSA) is 62.2 Å². The molecule has 2 N–H and O–H groups in total. The Balaban J connectivity index is 2.13. The van der Waals surface area contributed by atoms with Crippen LogP contribution in [0.1, 0.15) is 15.9 Å². The normalized spacial score (nSPS) is 10.2. The Morgan fingerprint density at radius 2 is 2.16 bits per heavy atom. The quantitative estimate of drug-likeness (QED) is 0.830. The van der Waals surface area contributed by atoms with Crippen molar-refractivity contribution in [3.63, 3.8) is 0 Å². The van der Waals surface area contributed by atoms with Crippen LogP contribution in [0.3, 0.4) is 0 Å². The van der Waals surface area contributed by atoms with Crippen LogP contribution in [-0.2, 0) is 6.54 Å². The van der Waals surface area contributed by atoms with Crippen LogP contribution in [0.4, 0.5) is 5.82 Å². The predicted octanol–water partition coefficient (Wildman–Crippen LogP) is 3.81. The second kappa shape index (κ2) is 6.04. The number of nitrogens with one attached hydrogen (secondary N) is 1. The number of anilines is 1. The Kier molecular flexibility index (Phi) is 4.39. The minimum Gasteiger partial charge on any atom is -0.478 e. The molecule has 19 heavy (non-hydrogen) atoms. The minimum atomic E-state index is -1.03. The first-order valence-electron chi connectivity index (χ1n) is 5.44. The Morgan fingerprint density at radius 1 is 1.37 bits per heavy atom. The molecule has 1 aromatic carbocycles. The van der Waals surface area contributed by atoms with Crippen molar-refractivity contribution in [1.29, 1.82) is 0 Å². The third-order valence-electron chi connectivity index (χ3n) is 2.40. The number of rotatable bonds is 4. The van der Waals surface area contributed by atoms with Gasteiger partial charge in [0.1, 0.15) is 11.0 Å². The molecular formula is C13H10BrClN2O2. The zero-order valence-electron chi connectivity index (χ0n) is 9.73. The van der Waals surface area contributed by atoms with E-state index in [4.69, 9.17) is 16.7 Å². The van der Waals surface area contributed by atoms with E-state index in [-0.39, 0.29) is 10.7 Å². The second-order valence-corrected chi connectivity index (χ2v) is 5.16. The lowest BCUT2D eigenvalue weighted by atomic mass is 10.2. The molecule has 6 heteroatoms. The number of carboxylic acid groups (broad SMARTS) is 1. The number of aromatic nitrogens is 1. The van der Waals surface area contributed by atoms with E-state index in [0.29, 0.717) is 12.4 Å². The Morgan fingerprint density at radius 3 is 2.84 bits per heavy atom. The summed E-state index contributed by atoms with van der Waals surface area (Å²) in [5.74, 6) is -0.598. The second-order valence-electron chi connectivity index (χ2n) is 3.85. The molecular weight excluding hydrogens is 332 g/mol. The van der Waals surface area contributed by atoms with E-state index in [0.717, 1.165) is 10.0 Å². The molecule has 0 bridgehead atoms. The number of hydrogen-bond donors (Lipinski definition) is 2. The summed E-state index contributed by atoms with van der Waals surface area (Å²) < 4.78 is 0.983. The highest BCUT2D eigenvalue weighted by atomic mass is 79.9. The van der Waals surface area contributed by atoms with Gasteiger partial charge >= 0.3 is 5.97 Å². The van der Waals surface area contributed by atoms with Gasteiger partial charge in [-0.25, -0.2) is 9.78 Å². The number of nitrogens with zero attached hydrogens (tertiary/aromatic N) is 1. The summed E-state index contributed by atoms with van der Waals surface area (Å²) >= 11 is 9.17. The first-order chi connectivity index (χ1) is 9.04. The lowest BCUT2D eigenvalue weighted by Crippen LogP contribution is -2.04. The number of hydrogen-bond acceptors (Lipinski definition) is 3. The zero-order chi connectivity index (χ0) is 13.8. The molecule has 0 amide bonds. The standard InChI is InChI=1S/C13H10BrClN2O2/c14-10-3-1-2-8(4-10)7-16-12-6-9(13(18)19)5-11(15)17-12/h1-6H,7H2,(H,16,17)(H,18,19). The van der Waals surface area contributed by atoms with Gasteiger partial charge in [-0.15, -0.1) is 0 Å².